The highest BCUT2D eigenvalue weighted by Gasteiger charge is 2.26. The average Bonchev–Trinajstić information content (AvgIpc) is 3.19. The molecule has 1 fully saturated rings. The van der Waals surface area contributed by atoms with Crippen molar-refractivity contribution in [2.45, 2.75) is 12.8 Å². The van der Waals surface area contributed by atoms with E-state index in [2.05, 4.69) is 29.3 Å². The summed E-state index contributed by atoms with van der Waals surface area (Å²) in [5.41, 5.74) is 2.18. The lowest BCUT2D eigenvalue weighted by Crippen LogP contribution is -2.41. The smallest absolute Gasteiger partial charge is 0.238 e. The number of amides is 2. The van der Waals surface area contributed by atoms with Crippen LogP contribution in [0.5, 0.6) is 0 Å². The summed E-state index contributed by atoms with van der Waals surface area (Å²) in [5.74, 6) is 0.415. The Bertz CT molecular complexity index is 969. The lowest BCUT2D eigenvalue weighted by Gasteiger charge is -2.30. The number of carbonyl (C=O) groups excluding carboxylic acids is 2. The zero-order valence-electron chi connectivity index (χ0n) is 15.2. The number of piperidine rings is 1. The van der Waals surface area contributed by atoms with Crippen LogP contribution in [0.2, 0.25) is 0 Å². The summed E-state index contributed by atoms with van der Waals surface area (Å²) in [6, 6.07) is 11.0. The van der Waals surface area contributed by atoms with Gasteiger partial charge in [-0.3, -0.25) is 14.5 Å². The highest BCUT2D eigenvalue weighted by atomic mass is 32.1. The zero-order chi connectivity index (χ0) is 19.3. The number of benzene rings is 1. The van der Waals surface area contributed by atoms with Gasteiger partial charge in [0.15, 0.2) is 0 Å². The molecule has 2 aromatic heterocycles. The first-order valence-electron chi connectivity index (χ1n) is 9.14. The van der Waals surface area contributed by atoms with Gasteiger partial charge in [0, 0.05) is 12.1 Å². The van der Waals surface area contributed by atoms with Gasteiger partial charge >= 0.3 is 0 Å². The summed E-state index contributed by atoms with van der Waals surface area (Å²) >= 11 is 1.13. The van der Waals surface area contributed by atoms with Crippen molar-refractivity contribution >= 4 is 46.1 Å². The Kier molecular flexibility index (Phi) is 5.54. The normalized spacial score (nSPS) is 15.4. The number of hydrogen-bond donors (Lipinski definition) is 2. The molecule has 2 amide bonds. The van der Waals surface area contributed by atoms with E-state index in [1.165, 1.54) is 0 Å². The van der Waals surface area contributed by atoms with E-state index in [1.54, 1.807) is 12.3 Å². The maximum atomic E-state index is 12.4. The molecule has 3 aromatic rings. The summed E-state index contributed by atoms with van der Waals surface area (Å²) < 4.78 is 8.42. The van der Waals surface area contributed by atoms with E-state index < -0.39 is 0 Å². The van der Waals surface area contributed by atoms with Crippen LogP contribution >= 0.6 is 11.7 Å². The summed E-state index contributed by atoms with van der Waals surface area (Å²) in [7, 11) is 0. The van der Waals surface area contributed by atoms with Crippen LogP contribution in [-0.2, 0) is 9.59 Å². The van der Waals surface area contributed by atoms with Crippen LogP contribution in [0.4, 0.5) is 11.5 Å². The number of rotatable bonds is 5. The predicted octanol–water partition coefficient (Wildman–Crippen LogP) is 2.38. The number of nitrogens with zero attached hydrogens (tertiary/aromatic N) is 4. The van der Waals surface area contributed by atoms with Gasteiger partial charge in [-0.2, -0.15) is 8.75 Å². The molecular formula is C19H20N6O2S. The average molecular weight is 396 g/mol. The molecule has 1 aliphatic rings. The third kappa shape index (κ3) is 4.32. The molecule has 144 valence electrons. The Balaban J connectivity index is 1.26. The van der Waals surface area contributed by atoms with Gasteiger partial charge < -0.3 is 10.6 Å². The third-order valence-corrected chi connectivity index (χ3v) is 5.34. The molecule has 0 radical (unpaired) electrons. The fourth-order valence-electron chi connectivity index (χ4n) is 3.32. The van der Waals surface area contributed by atoms with Crippen LogP contribution in [-0.4, -0.2) is 50.1 Å². The molecule has 8 nitrogen and oxygen atoms in total. The SMILES string of the molecule is O=C(CN1CCC(C(=O)Nc2ccccn2)CC1)Nc1cccc2nsnc12. The number of carbonyl (C=O) groups is 2. The summed E-state index contributed by atoms with van der Waals surface area (Å²) in [5, 5.41) is 5.78. The standard InChI is InChI=1S/C19H20N6O2S/c26-17(21-14-4-3-5-15-18(14)24-28-23-15)12-25-10-7-13(8-11-25)19(27)22-16-6-1-2-9-20-16/h1-6,9,13H,7-8,10-12H2,(H,21,26)(H,20,22,27). The van der Waals surface area contributed by atoms with Gasteiger partial charge in [0.2, 0.25) is 11.8 Å². The van der Waals surface area contributed by atoms with Gasteiger partial charge in [-0.1, -0.05) is 12.1 Å². The number of aromatic nitrogens is 3. The van der Waals surface area contributed by atoms with Gasteiger partial charge in [0.05, 0.1) is 24.0 Å². The minimum Gasteiger partial charge on any atom is -0.323 e. The van der Waals surface area contributed by atoms with Crippen LogP contribution in [0.15, 0.2) is 42.6 Å². The van der Waals surface area contributed by atoms with Crippen LogP contribution in [0.3, 0.4) is 0 Å². The Morgan fingerprint density at radius 1 is 1.07 bits per heavy atom. The van der Waals surface area contributed by atoms with Crippen LogP contribution in [0.1, 0.15) is 12.8 Å². The summed E-state index contributed by atoms with van der Waals surface area (Å²) in [4.78, 5) is 31.0. The number of likely N-dealkylation sites (tertiary alicyclic amines) is 1. The van der Waals surface area contributed by atoms with Crippen molar-refractivity contribution in [3.05, 3.63) is 42.6 Å². The molecule has 9 heteroatoms. The Morgan fingerprint density at radius 2 is 1.93 bits per heavy atom. The van der Waals surface area contributed by atoms with Crippen LogP contribution < -0.4 is 10.6 Å². The molecule has 0 aliphatic carbocycles. The van der Waals surface area contributed by atoms with E-state index in [-0.39, 0.29) is 17.7 Å². The van der Waals surface area contributed by atoms with Crippen LogP contribution in [0, 0.1) is 5.92 Å². The molecule has 2 N–H and O–H groups in total. The van der Waals surface area contributed by atoms with Crippen molar-refractivity contribution in [3.8, 4) is 0 Å². The second kappa shape index (κ2) is 8.41. The van der Waals surface area contributed by atoms with E-state index in [1.807, 2.05) is 30.3 Å². The second-order valence-electron chi connectivity index (χ2n) is 6.74. The molecular weight excluding hydrogens is 376 g/mol. The molecule has 0 spiro atoms. The second-order valence-corrected chi connectivity index (χ2v) is 7.27. The lowest BCUT2D eigenvalue weighted by atomic mass is 9.96. The van der Waals surface area contributed by atoms with Crippen molar-refractivity contribution in [3.63, 3.8) is 0 Å². The van der Waals surface area contributed by atoms with Crippen molar-refractivity contribution in [2.24, 2.45) is 5.92 Å². The maximum absolute atomic E-state index is 12.4. The molecule has 0 saturated carbocycles. The van der Waals surface area contributed by atoms with E-state index in [9.17, 15) is 9.59 Å². The number of nitrogens with one attached hydrogen (secondary N) is 2. The molecule has 28 heavy (non-hydrogen) atoms. The number of anilines is 2. The molecule has 1 aromatic carbocycles. The maximum Gasteiger partial charge on any atom is 0.238 e. The minimum atomic E-state index is -0.0862. The highest BCUT2D eigenvalue weighted by Crippen LogP contribution is 2.22. The fourth-order valence-corrected chi connectivity index (χ4v) is 3.87. The van der Waals surface area contributed by atoms with Crippen molar-refractivity contribution in [1.29, 1.82) is 0 Å². The Hall–Kier alpha value is -2.91. The molecule has 4 rings (SSSR count). The first-order valence-corrected chi connectivity index (χ1v) is 9.87. The molecule has 3 heterocycles. The topological polar surface area (TPSA) is 100 Å². The Labute approximate surface area is 166 Å². The van der Waals surface area contributed by atoms with Crippen molar-refractivity contribution in [1.82, 2.24) is 18.6 Å². The molecule has 1 aliphatic heterocycles. The molecule has 0 unspecified atom stereocenters. The first kappa shape index (κ1) is 18.5. The minimum absolute atomic E-state index is 0.00879. The highest BCUT2D eigenvalue weighted by molar-refractivity contribution is 7.00. The van der Waals surface area contributed by atoms with E-state index >= 15 is 0 Å². The number of fused-ring (bicyclic) bond motifs is 1. The van der Waals surface area contributed by atoms with Crippen LogP contribution in [0.25, 0.3) is 11.0 Å². The summed E-state index contributed by atoms with van der Waals surface area (Å²) in [6.45, 7) is 1.70. The molecule has 1 saturated heterocycles. The monoisotopic (exact) mass is 396 g/mol. The van der Waals surface area contributed by atoms with E-state index in [0.29, 0.717) is 36.7 Å². The largest absolute Gasteiger partial charge is 0.323 e. The summed E-state index contributed by atoms with van der Waals surface area (Å²) in [6.07, 6.45) is 3.09. The molecule has 0 atom stereocenters. The van der Waals surface area contributed by atoms with Gasteiger partial charge in [0.25, 0.3) is 0 Å². The zero-order valence-corrected chi connectivity index (χ0v) is 16.0. The fraction of sp³-hybridized carbons (Fsp3) is 0.316. The van der Waals surface area contributed by atoms with Crippen molar-refractivity contribution in [2.75, 3.05) is 30.3 Å². The molecule has 0 bridgehead atoms. The van der Waals surface area contributed by atoms with E-state index in [4.69, 9.17) is 0 Å². The van der Waals surface area contributed by atoms with Gasteiger partial charge in [-0.05, 0) is 50.2 Å². The quantitative estimate of drug-likeness (QED) is 0.687. The third-order valence-electron chi connectivity index (χ3n) is 4.80. The number of hydrogen-bond acceptors (Lipinski definition) is 7. The van der Waals surface area contributed by atoms with E-state index in [0.717, 1.165) is 30.1 Å². The van der Waals surface area contributed by atoms with Crippen molar-refractivity contribution < 1.29 is 9.59 Å². The van der Waals surface area contributed by atoms with Gasteiger partial charge in [-0.25, -0.2) is 4.98 Å². The van der Waals surface area contributed by atoms with Gasteiger partial charge in [-0.15, -0.1) is 0 Å². The number of pyridine rings is 1. The lowest BCUT2D eigenvalue weighted by molar-refractivity contribution is -0.121. The first-order chi connectivity index (χ1) is 13.7. The van der Waals surface area contributed by atoms with Gasteiger partial charge in [0.1, 0.15) is 16.9 Å². The Morgan fingerprint density at radius 3 is 2.71 bits per heavy atom. The predicted molar refractivity (Wildman–Crippen MR) is 108 cm³/mol.